The molecular formula is C18H17N3O2. The summed E-state index contributed by atoms with van der Waals surface area (Å²) >= 11 is 0. The first-order chi connectivity index (χ1) is 11.2. The average molecular weight is 307 g/mol. The number of nitrogens with one attached hydrogen (secondary N) is 1. The molecule has 0 aliphatic rings. The highest BCUT2D eigenvalue weighted by molar-refractivity contribution is 5.68. The Morgan fingerprint density at radius 3 is 2.78 bits per heavy atom. The topological polar surface area (TPSA) is 88.1 Å². The summed E-state index contributed by atoms with van der Waals surface area (Å²) in [5, 5.41) is 11.6. The number of carbonyl (C=O) groups excluding carboxylic acids is 1. The van der Waals surface area contributed by atoms with E-state index in [0.717, 1.165) is 5.56 Å². The van der Waals surface area contributed by atoms with Gasteiger partial charge in [0.25, 0.3) is 0 Å². The Hall–Kier alpha value is -3.26. The van der Waals surface area contributed by atoms with Crippen molar-refractivity contribution in [1.29, 1.82) is 5.26 Å². The number of rotatable bonds is 5. The van der Waals surface area contributed by atoms with Gasteiger partial charge < -0.3 is 15.8 Å². The molecule has 0 saturated carbocycles. The minimum Gasteiger partial charge on any atom is -0.445 e. The number of nitrogens with zero attached hydrogens (tertiary/aromatic N) is 1. The van der Waals surface area contributed by atoms with Crippen molar-refractivity contribution >= 4 is 17.9 Å². The lowest BCUT2D eigenvalue weighted by atomic mass is 10.1. The Morgan fingerprint density at radius 2 is 2.04 bits per heavy atom. The van der Waals surface area contributed by atoms with Crippen LogP contribution in [-0.4, -0.2) is 12.6 Å². The molecule has 0 radical (unpaired) electrons. The number of nitrogen functional groups attached to an aromatic ring is 1. The van der Waals surface area contributed by atoms with E-state index in [1.165, 1.54) is 0 Å². The number of anilines is 1. The van der Waals surface area contributed by atoms with Gasteiger partial charge in [0.15, 0.2) is 0 Å². The van der Waals surface area contributed by atoms with Crippen LogP contribution in [-0.2, 0) is 11.3 Å². The van der Waals surface area contributed by atoms with E-state index in [1.54, 1.807) is 30.4 Å². The molecule has 0 bridgehead atoms. The molecule has 0 aromatic heterocycles. The standard InChI is InChI=1S/C18H17N3O2/c19-12-16-8-9-17(20)11-15(16)7-4-10-21-18(22)23-13-14-5-2-1-3-6-14/h1-9,11H,10,13,20H2,(H,21,22). The fourth-order valence-electron chi connectivity index (χ4n) is 1.92. The Bertz CT molecular complexity index is 734. The number of nitriles is 1. The molecule has 0 heterocycles. The first-order valence-electron chi connectivity index (χ1n) is 7.10. The molecule has 3 N–H and O–H groups in total. The molecule has 0 spiro atoms. The van der Waals surface area contributed by atoms with Crippen molar-refractivity contribution in [3.63, 3.8) is 0 Å². The van der Waals surface area contributed by atoms with Gasteiger partial charge in [0.05, 0.1) is 11.6 Å². The Balaban J connectivity index is 1.79. The second-order valence-corrected chi connectivity index (χ2v) is 4.80. The number of carbonyl (C=O) groups is 1. The number of nitrogens with two attached hydrogens (primary N) is 1. The quantitative estimate of drug-likeness (QED) is 0.831. The highest BCUT2D eigenvalue weighted by Crippen LogP contribution is 2.14. The predicted octanol–water partition coefficient (Wildman–Crippen LogP) is 3.08. The van der Waals surface area contributed by atoms with Gasteiger partial charge >= 0.3 is 6.09 Å². The van der Waals surface area contributed by atoms with Gasteiger partial charge in [-0.15, -0.1) is 0 Å². The van der Waals surface area contributed by atoms with Gasteiger partial charge in [0.2, 0.25) is 0 Å². The number of hydrogen-bond acceptors (Lipinski definition) is 4. The number of alkyl carbamates (subject to hydrolysis) is 1. The molecule has 0 aliphatic heterocycles. The highest BCUT2D eigenvalue weighted by Gasteiger charge is 2.01. The zero-order valence-corrected chi connectivity index (χ0v) is 12.5. The maximum Gasteiger partial charge on any atom is 0.407 e. The smallest absolute Gasteiger partial charge is 0.407 e. The van der Waals surface area contributed by atoms with E-state index in [4.69, 9.17) is 15.7 Å². The summed E-state index contributed by atoms with van der Waals surface area (Å²) in [5.41, 5.74) is 8.45. The van der Waals surface area contributed by atoms with Crippen LogP contribution in [0.15, 0.2) is 54.6 Å². The van der Waals surface area contributed by atoms with E-state index in [-0.39, 0.29) is 6.61 Å². The second-order valence-electron chi connectivity index (χ2n) is 4.80. The third-order valence-corrected chi connectivity index (χ3v) is 3.07. The first-order valence-corrected chi connectivity index (χ1v) is 7.10. The molecule has 5 nitrogen and oxygen atoms in total. The summed E-state index contributed by atoms with van der Waals surface area (Å²) < 4.78 is 5.09. The lowest BCUT2D eigenvalue weighted by Crippen LogP contribution is -2.24. The minimum atomic E-state index is -0.494. The van der Waals surface area contributed by atoms with Crippen molar-refractivity contribution in [2.24, 2.45) is 0 Å². The molecule has 0 aliphatic carbocycles. The molecule has 1 amide bonds. The second kappa shape index (κ2) is 8.25. The van der Waals surface area contributed by atoms with Gasteiger partial charge in [-0.05, 0) is 29.3 Å². The number of benzene rings is 2. The van der Waals surface area contributed by atoms with Crippen molar-refractivity contribution < 1.29 is 9.53 Å². The molecule has 0 fully saturated rings. The summed E-state index contributed by atoms with van der Waals surface area (Å²) in [4.78, 5) is 11.6. The van der Waals surface area contributed by atoms with Crippen LogP contribution in [0.1, 0.15) is 16.7 Å². The summed E-state index contributed by atoms with van der Waals surface area (Å²) in [6, 6.07) is 16.6. The highest BCUT2D eigenvalue weighted by atomic mass is 16.5. The molecular weight excluding hydrogens is 290 g/mol. The summed E-state index contributed by atoms with van der Waals surface area (Å²) in [5.74, 6) is 0. The third kappa shape index (κ3) is 5.21. The van der Waals surface area contributed by atoms with E-state index >= 15 is 0 Å². The largest absolute Gasteiger partial charge is 0.445 e. The van der Waals surface area contributed by atoms with E-state index in [0.29, 0.717) is 23.4 Å². The van der Waals surface area contributed by atoms with Crippen LogP contribution < -0.4 is 11.1 Å². The van der Waals surface area contributed by atoms with E-state index < -0.39 is 6.09 Å². The summed E-state index contributed by atoms with van der Waals surface area (Å²) in [6.07, 6.45) is 2.98. The average Bonchev–Trinajstić information content (AvgIpc) is 2.58. The van der Waals surface area contributed by atoms with E-state index in [1.807, 2.05) is 30.3 Å². The van der Waals surface area contributed by atoms with Crippen LogP contribution >= 0.6 is 0 Å². The molecule has 0 saturated heterocycles. The van der Waals surface area contributed by atoms with E-state index in [2.05, 4.69) is 11.4 Å². The third-order valence-electron chi connectivity index (χ3n) is 3.07. The van der Waals surface area contributed by atoms with Gasteiger partial charge in [-0.3, -0.25) is 0 Å². The fraction of sp³-hybridized carbons (Fsp3) is 0.111. The van der Waals surface area contributed by atoms with Crippen molar-refractivity contribution in [3.05, 3.63) is 71.3 Å². The van der Waals surface area contributed by atoms with Crippen molar-refractivity contribution in [2.45, 2.75) is 6.61 Å². The summed E-state index contributed by atoms with van der Waals surface area (Å²) in [7, 11) is 0. The molecule has 2 rings (SSSR count). The molecule has 116 valence electrons. The zero-order chi connectivity index (χ0) is 16.5. The first kappa shape index (κ1) is 16.1. The monoisotopic (exact) mass is 307 g/mol. The maximum atomic E-state index is 11.6. The maximum absolute atomic E-state index is 11.6. The van der Waals surface area contributed by atoms with E-state index in [9.17, 15) is 4.79 Å². The number of ether oxygens (including phenoxy) is 1. The lowest BCUT2D eigenvalue weighted by Gasteiger charge is -2.05. The fourth-order valence-corrected chi connectivity index (χ4v) is 1.92. The molecule has 0 atom stereocenters. The zero-order valence-electron chi connectivity index (χ0n) is 12.5. The SMILES string of the molecule is N#Cc1ccc(N)cc1C=CCNC(=O)OCc1ccccc1. The van der Waals surface area contributed by atoms with Crippen LogP contribution in [0.2, 0.25) is 0 Å². The molecule has 0 unspecified atom stereocenters. The van der Waals surface area contributed by atoms with Crippen LogP contribution in [0.25, 0.3) is 6.08 Å². The van der Waals surface area contributed by atoms with Gasteiger partial charge in [0.1, 0.15) is 6.61 Å². The lowest BCUT2D eigenvalue weighted by molar-refractivity contribution is 0.141. The Labute approximate surface area is 135 Å². The van der Waals surface area contributed by atoms with Crippen LogP contribution in [0, 0.1) is 11.3 Å². The molecule has 23 heavy (non-hydrogen) atoms. The minimum absolute atomic E-state index is 0.226. The van der Waals surface area contributed by atoms with Gasteiger partial charge in [0, 0.05) is 12.2 Å². The van der Waals surface area contributed by atoms with Crippen LogP contribution in [0.5, 0.6) is 0 Å². The van der Waals surface area contributed by atoms with Crippen molar-refractivity contribution in [1.82, 2.24) is 5.32 Å². The van der Waals surface area contributed by atoms with Gasteiger partial charge in [-0.1, -0.05) is 42.5 Å². The Kier molecular flexibility index (Phi) is 5.78. The molecule has 2 aromatic carbocycles. The van der Waals surface area contributed by atoms with Crippen LogP contribution in [0.4, 0.5) is 10.5 Å². The van der Waals surface area contributed by atoms with Crippen LogP contribution in [0.3, 0.4) is 0 Å². The Morgan fingerprint density at radius 1 is 1.26 bits per heavy atom. The summed E-state index contributed by atoms with van der Waals surface area (Å²) in [6.45, 7) is 0.525. The molecule has 5 heteroatoms. The van der Waals surface area contributed by atoms with Crippen molar-refractivity contribution in [3.8, 4) is 6.07 Å². The normalized spacial score (nSPS) is 10.2. The van der Waals surface area contributed by atoms with Crippen molar-refractivity contribution in [2.75, 3.05) is 12.3 Å². The number of amides is 1. The van der Waals surface area contributed by atoms with Gasteiger partial charge in [-0.25, -0.2) is 4.79 Å². The predicted molar refractivity (Wildman–Crippen MR) is 89.2 cm³/mol. The molecule has 2 aromatic rings. The number of hydrogen-bond donors (Lipinski definition) is 2. The van der Waals surface area contributed by atoms with Gasteiger partial charge in [-0.2, -0.15) is 5.26 Å².